The van der Waals surface area contributed by atoms with E-state index in [1.807, 2.05) is 48.5 Å². The molecular formula is C22H18Cl2N4OS2. The van der Waals surface area contributed by atoms with Gasteiger partial charge in [0, 0.05) is 22.7 Å². The summed E-state index contributed by atoms with van der Waals surface area (Å²) in [4.78, 5) is 4.76. The molecule has 5 nitrogen and oxygen atoms in total. The number of thiazole rings is 1. The Bertz CT molecular complexity index is 1210. The van der Waals surface area contributed by atoms with Crippen LogP contribution in [0, 0.1) is 0 Å². The second-order valence-corrected chi connectivity index (χ2v) is 9.75. The molecule has 1 aliphatic rings. The molecule has 2 heterocycles. The Morgan fingerprint density at radius 3 is 2.58 bits per heavy atom. The van der Waals surface area contributed by atoms with E-state index in [1.165, 1.54) is 0 Å². The van der Waals surface area contributed by atoms with Gasteiger partial charge in [-0.3, -0.25) is 4.57 Å². The number of rotatable bonds is 8. The highest BCUT2D eigenvalue weighted by atomic mass is 35.5. The van der Waals surface area contributed by atoms with E-state index in [2.05, 4.69) is 20.1 Å². The topological polar surface area (TPSA) is 52.8 Å². The molecule has 0 aliphatic heterocycles. The molecule has 2 aromatic heterocycles. The van der Waals surface area contributed by atoms with Crippen LogP contribution in [-0.2, 0) is 12.4 Å². The summed E-state index contributed by atoms with van der Waals surface area (Å²) in [5.74, 6) is 2.19. The van der Waals surface area contributed by atoms with E-state index in [0.29, 0.717) is 28.4 Å². The Morgan fingerprint density at radius 2 is 1.81 bits per heavy atom. The maximum Gasteiger partial charge on any atom is 0.191 e. The zero-order valence-electron chi connectivity index (χ0n) is 16.4. The summed E-state index contributed by atoms with van der Waals surface area (Å²) in [5, 5.41) is 14.0. The summed E-state index contributed by atoms with van der Waals surface area (Å²) in [6.45, 7) is 0.334. The lowest BCUT2D eigenvalue weighted by atomic mass is 10.2. The summed E-state index contributed by atoms with van der Waals surface area (Å²) in [6.07, 6.45) is 2.27. The number of ether oxygens (including phenoxy) is 1. The van der Waals surface area contributed by atoms with Gasteiger partial charge in [0.2, 0.25) is 0 Å². The van der Waals surface area contributed by atoms with Crippen LogP contribution in [0.1, 0.15) is 30.4 Å². The number of aromatic nitrogens is 4. The van der Waals surface area contributed by atoms with Crippen molar-refractivity contribution in [3.8, 4) is 16.3 Å². The van der Waals surface area contributed by atoms with Crippen LogP contribution in [0.2, 0.25) is 10.0 Å². The van der Waals surface area contributed by atoms with E-state index in [9.17, 15) is 0 Å². The van der Waals surface area contributed by atoms with Crippen molar-refractivity contribution in [2.24, 2.45) is 0 Å². The zero-order chi connectivity index (χ0) is 21.2. The van der Waals surface area contributed by atoms with E-state index in [0.717, 1.165) is 45.8 Å². The minimum atomic E-state index is 0.334. The third-order valence-electron chi connectivity index (χ3n) is 4.85. The molecular weight excluding hydrogens is 471 g/mol. The third-order valence-corrected chi connectivity index (χ3v) is 7.39. The highest BCUT2D eigenvalue weighted by Crippen LogP contribution is 2.40. The predicted octanol–water partition coefficient (Wildman–Crippen LogP) is 6.91. The largest absolute Gasteiger partial charge is 0.484 e. The number of hydrogen-bond acceptors (Lipinski definition) is 6. The van der Waals surface area contributed by atoms with Crippen molar-refractivity contribution in [1.82, 2.24) is 19.7 Å². The average molecular weight is 489 g/mol. The van der Waals surface area contributed by atoms with E-state index >= 15 is 0 Å². The molecule has 1 fully saturated rings. The molecule has 0 unspecified atom stereocenters. The molecule has 0 radical (unpaired) electrons. The number of para-hydroxylation sites is 1. The van der Waals surface area contributed by atoms with Gasteiger partial charge in [0.05, 0.1) is 15.7 Å². The van der Waals surface area contributed by atoms with E-state index < -0.39 is 0 Å². The fourth-order valence-corrected chi connectivity index (χ4v) is 5.53. The van der Waals surface area contributed by atoms with Crippen LogP contribution in [0.4, 0.5) is 0 Å². The predicted molar refractivity (Wildman–Crippen MR) is 126 cm³/mol. The van der Waals surface area contributed by atoms with Crippen LogP contribution in [0.25, 0.3) is 10.6 Å². The Balaban J connectivity index is 1.28. The summed E-state index contributed by atoms with van der Waals surface area (Å²) in [6, 6.07) is 15.7. The fraction of sp³-hybridized carbons (Fsp3) is 0.227. The van der Waals surface area contributed by atoms with E-state index in [1.54, 1.807) is 23.1 Å². The van der Waals surface area contributed by atoms with Crippen LogP contribution < -0.4 is 4.74 Å². The van der Waals surface area contributed by atoms with Crippen molar-refractivity contribution in [2.75, 3.05) is 0 Å². The molecule has 0 amide bonds. The van der Waals surface area contributed by atoms with E-state index in [-0.39, 0.29) is 0 Å². The lowest BCUT2D eigenvalue weighted by Crippen LogP contribution is -2.07. The average Bonchev–Trinajstić information content (AvgIpc) is 3.36. The molecule has 9 heteroatoms. The SMILES string of the molecule is Clc1ccccc1OCc1nnc(SCc2csc(-c3ccccc3Cl)n2)n1C1CC1. The molecule has 0 spiro atoms. The Labute approximate surface area is 198 Å². The van der Waals surface area contributed by atoms with Crippen molar-refractivity contribution < 1.29 is 4.74 Å². The van der Waals surface area contributed by atoms with Crippen LogP contribution in [0.5, 0.6) is 5.75 Å². The van der Waals surface area contributed by atoms with Crippen LogP contribution in [-0.4, -0.2) is 19.7 Å². The van der Waals surface area contributed by atoms with Crippen molar-refractivity contribution in [3.05, 3.63) is 75.5 Å². The van der Waals surface area contributed by atoms with Crippen molar-refractivity contribution in [1.29, 1.82) is 0 Å². The van der Waals surface area contributed by atoms with Gasteiger partial charge in [0.25, 0.3) is 0 Å². The minimum absolute atomic E-state index is 0.334. The van der Waals surface area contributed by atoms with Crippen LogP contribution in [0.3, 0.4) is 0 Å². The summed E-state index contributed by atoms with van der Waals surface area (Å²) >= 11 is 15.8. The maximum absolute atomic E-state index is 6.31. The van der Waals surface area contributed by atoms with Gasteiger partial charge >= 0.3 is 0 Å². The first-order valence-corrected chi connectivity index (χ1v) is 12.4. The normalized spacial score (nSPS) is 13.5. The number of thioether (sulfide) groups is 1. The van der Waals surface area contributed by atoms with Crippen molar-refractivity contribution >= 4 is 46.3 Å². The molecule has 2 aromatic carbocycles. The molecule has 5 rings (SSSR count). The molecule has 1 aliphatic carbocycles. The highest BCUT2D eigenvalue weighted by molar-refractivity contribution is 7.98. The summed E-state index contributed by atoms with van der Waals surface area (Å²) in [5.41, 5.74) is 1.97. The second kappa shape index (κ2) is 9.20. The third kappa shape index (κ3) is 4.75. The molecule has 4 aromatic rings. The van der Waals surface area contributed by atoms with Gasteiger partial charge in [-0.15, -0.1) is 21.5 Å². The lowest BCUT2D eigenvalue weighted by molar-refractivity contribution is 0.288. The first kappa shape index (κ1) is 20.8. The molecule has 0 atom stereocenters. The summed E-state index contributed by atoms with van der Waals surface area (Å²) < 4.78 is 8.09. The number of nitrogens with zero attached hydrogens (tertiary/aromatic N) is 4. The first-order chi connectivity index (χ1) is 15.2. The number of benzene rings is 2. The first-order valence-electron chi connectivity index (χ1n) is 9.82. The van der Waals surface area contributed by atoms with E-state index in [4.69, 9.17) is 32.9 Å². The molecule has 31 heavy (non-hydrogen) atoms. The van der Waals surface area contributed by atoms with Gasteiger partial charge in [0.15, 0.2) is 11.0 Å². The minimum Gasteiger partial charge on any atom is -0.484 e. The van der Waals surface area contributed by atoms with Crippen LogP contribution >= 0.6 is 46.3 Å². The smallest absolute Gasteiger partial charge is 0.191 e. The molecule has 1 saturated carbocycles. The second-order valence-electron chi connectivity index (χ2n) is 7.13. The van der Waals surface area contributed by atoms with Crippen LogP contribution in [0.15, 0.2) is 59.1 Å². The molecule has 158 valence electrons. The van der Waals surface area contributed by atoms with Gasteiger partial charge in [0.1, 0.15) is 17.4 Å². The van der Waals surface area contributed by atoms with Gasteiger partial charge in [-0.25, -0.2) is 4.98 Å². The standard InChI is InChI=1S/C22H18Cl2N4OS2/c23-17-6-2-1-5-16(17)21-25-14(12-30-21)13-31-22-27-26-20(28(22)15-9-10-15)11-29-19-8-4-3-7-18(19)24/h1-8,12,15H,9-11,13H2. The Kier molecular flexibility index (Phi) is 6.18. The Morgan fingerprint density at radius 1 is 1.03 bits per heavy atom. The lowest BCUT2D eigenvalue weighted by Gasteiger charge is -2.10. The number of hydrogen-bond donors (Lipinski definition) is 0. The zero-order valence-corrected chi connectivity index (χ0v) is 19.5. The monoisotopic (exact) mass is 488 g/mol. The van der Waals surface area contributed by atoms with Crippen molar-refractivity contribution in [2.45, 2.75) is 36.4 Å². The molecule has 0 saturated heterocycles. The van der Waals surface area contributed by atoms with Crippen molar-refractivity contribution in [3.63, 3.8) is 0 Å². The number of halogens is 2. The van der Waals surface area contributed by atoms with Gasteiger partial charge in [-0.2, -0.15) is 0 Å². The summed E-state index contributed by atoms with van der Waals surface area (Å²) in [7, 11) is 0. The van der Waals surface area contributed by atoms with Gasteiger partial charge < -0.3 is 4.74 Å². The highest BCUT2D eigenvalue weighted by Gasteiger charge is 2.30. The fourth-order valence-electron chi connectivity index (χ4n) is 3.18. The molecule has 0 N–H and O–H groups in total. The quantitative estimate of drug-likeness (QED) is 0.252. The van der Waals surface area contributed by atoms with Gasteiger partial charge in [-0.05, 0) is 31.0 Å². The van der Waals surface area contributed by atoms with Gasteiger partial charge in [-0.1, -0.05) is 65.3 Å². The Hall–Kier alpha value is -2.06. The molecule has 0 bridgehead atoms. The maximum atomic E-state index is 6.31.